The van der Waals surface area contributed by atoms with Gasteiger partial charge in [-0.25, -0.2) is 0 Å². The Kier molecular flexibility index (Phi) is 8.14. The number of benzene rings is 1. The maximum Gasteiger partial charge on any atom is 0.297 e. The number of methoxy groups -OCH3 is 1. The molecule has 3 rings (SSSR count). The molecular weight excluding hydrogens is 440 g/mol. The highest BCUT2D eigenvalue weighted by atomic mass is 35.5. The van der Waals surface area contributed by atoms with Crippen molar-refractivity contribution in [1.82, 2.24) is 14.3 Å². The van der Waals surface area contributed by atoms with Crippen molar-refractivity contribution in [3.63, 3.8) is 0 Å². The first-order valence-electron chi connectivity index (χ1n) is 9.39. The maximum absolute atomic E-state index is 12.9. The van der Waals surface area contributed by atoms with E-state index in [2.05, 4.69) is 10.1 Å². The molecule has 0 bridgehead atoms. The smallest absolute Gasteiger partial charge is 0.297 e. The normalized spacial score (nSPS) is 11.8. The molecule has 0 radical (unpaired) electrons. The van der Waals surface area contributed by atoms with E-state index in [-0.39, 0.29) is 12.4 Å². The molecule has 2 amide bonds. The minimum Gasteiger partial charge on any atom is -0.494 e. The molecule has 9 nitrogen and oxygen atoms in total. The third-order valence-corrected chi connectivity index (χ3v) is 5.48. The van der Waals surface area contributed by atoms with Crippen molar-refractivity contribution in [3.8, 4) is 5.75 Å². The van der Waals surface area contributed by atoms with Crippen molar-refractivity contribution in [2.24, 2.45) is 16.5 Å². The standard InChI is InChI=1S/C20H24N6O3S.ClH/c1-4-26-14(9-12(2)24-26)19(28)23-20-25(8-6-5-7-21)17-15(29-3)10-13(18(22)27)11-16(17)30-20;/h5-6,9-11H,4,7-8,21H2,1-3H3,(H2,22,27);1H/b6-5+,23-20?;. The van der Waals surface area contributed by atoms with Gasteiger partial charge in [-0.15, -0.1) is 12.4 Å². The fraction of sp³-hybridized carbons (Fsp3) is 0.300. The van der Waals surface area contributed by atoms with Gasteiger partial charge in [0.15, 0.2) is 4.80 Å². The number of carbonyl (C=O) groups excluding carboxylic acids is 2. The summed E-state index contributed by atoms with van der Waals surface area (Å²) in [7, 11) is 1.52. The molecule has 2 aromatic heterocycles. The van der Waals surface area contributed by atoms with Crippen molar-refractivity contribution in [2.45, 2.75) is 26.9 Å². The lowest BCUT2D eigenvalue weighted by Gasteiger charge is -2.08. The number of fused-ring (bicyclic) bond motifs is 1. The monoisotopic (exact) mass is 464 g/mol. The summed E-state index contributed by atoms with van der Waals surface area (Å²) in [6, 6.07) is 4.98. The fourth-order valence-corrected chi connectivity index (χ4v) is 4.20. The summed E-state index contributed by atoms with van der Waals surface area (Å²) >= 11 is 1.28. The van der Waals surface area contributed by atoms with Crippen LogP contribution in [0.15, 0.2) is 35.3 Å². The molecule has 31 heavy (non-hydrogen) atoms. The zero-order valence-electron chi connectivity index (χ0n) is 17.5. The molecule has 0 aliphatic carbocycles. The van der Waals surface area contributed by atoms with Crippen LogP contribution in [-0.2, 0) is 13.1 Å². The average Bonchev–Trinajstić information content (AvgIpc) is 3.27. The minimum absolute atomic E-state index is 0. The second-order valence-corrected chi connectivity index (χ2v) is 7.50. The number of nitrogens with two attached hydrogens (primary N) is 2. The van der Waals surface area contributed by atoms with Crippen LogP contribution in [0.4, 0.5) is 0 Å². The van der Waals surface area contributed by atoms with Crippen LogP contribution in [0.2, 0.25) is 0 Å². The van der Waals surface area contributed by atoms with Crippen LogP contribution in [0.1, 0.15) is 33.5 Å². The van der Waals surface area contributed by atoms with Crippen LogP contribution >= 0.6 is 23.7 Å². The molecule has 11 heteroatoms. The third-order valence-electron chi connectivity index (χ3n) is 4.46. The molecule has 1 aromatic carbocycles. The molecule has 0 aliphatic rings. The van der Waals surface area contributed by atoms with E-state index in [0.29, 0.717) is 41.4 Å². The Morgan fingerprint density at radius 3 is 2.65 bits per heavy atom. The summed E-state index contributed by atoms with van der Waals surface area (Å²) in [6.07, 6.45) is 3.71. The number of rotatable bonds is 7. The molecule has 166 valence electrons. The van der Waals surface area contributed by atoms with E-state index >= 15 is 0 Å². The van der Waals surface area contributed by atoms with E-state index in [1.54, 1.807) is 22.9 Å². The molecular formula is C20H25ClN6O3S. The molecule has 0 saturated heterocycles. The quantitative estimate of drug-likeness (QED) is 0.516. The lowest BCUT2D eigenvalue weighted by atomic mass is 10.2. The number of ether oxygens (including phenoxy) is 1. The van der Waals surface area contributed by atoms with E-state index in [0.717, 1.165) is 15.9 Å². The van der Waals surface area contributed by atoms with Gasteiger partial charge in [-0.1, -0.05) is 23.5 Å². The number of thiazole rings is 1. The zero-order valence-corrected chi connectivity index (χ0v) is 19.1. The van der Waals surface area contributed by atoms with Gasteiger partial charge in [0.2, 0.25) is 5.91 Å². The lowest BCUT2D eigenvalue weighted by molar-refractivity contribution is 0.0983. The Labute approximate surface area is 189 Å². The Balaban J connectivity index is 0.00000341. The number of carbonyl (C=O) groups is 2. The van der Waals surface area contributed by atoms with Crippen LogP contribution < -0.4 is 21.0 Å². The molecule has 0 fully saturated rings. The van der Waals surface area contributed by atoms with E-state index < -0.39 is 11.8 Å². The Morgan fingerprint density at radius 1 is 1.29 bits per heavy atom. The number of allylic oxidation sites excluding steroid dienone is 1. The van der Waals surface area contributed by atoms with Gasteiger partial charge < -0.3 is 20.8 Å². The topological polar surface area (TPSA) is 131 Å². The van der Waals surface area contributed by atoms with Gasteiger partial charge in [0.25, 0.3) is 5.91 Å². The number of amides is 2. The van der Waals surface area contributed by atoms with Gasteiger partial charge in [0.05, 0.1) is 17.5 Å². The molecule has 4 N–H and O–H groups in total. The molecule has 0 unspecified atom stereocenters. The Bertz CT molecular complexity index is 1210. The second-order valence-electron chi connectivity index (χ2n) is 6.50. The fourth-order valence-electron chi connectivity index (χ4n) is 3.10. The van der Waals surface area contributed by atoms with Crippen molar-refractivity contribution in [3.05, 3.63) is 52.1 Å². The molecule has 3 aromatic rings. The molecule has 0 saturated carbocycles. The van der Waals surface area contributed by atoms with Gasteiger partial charge >= 0.3 is 0 Å². The number of primary amides is 1. The van der Waals surface area contributed by atoms with Crippen LogP contribution in [-0.4, -0.2) is 39.8 Å². The minimum atomic E-state index is -0.560. The van der Waals surface area contributed by atoms with Crippen molar-refractivity contribution >= 4 is 45.8 Å². The van der Waals surface area contributed by atoms with Gasteiger partial charge in [0, 0.05) is 25.2 Å². The predicted octanol–water partition coefficient (Wildman–Crippen LogP) is 2.01. The summed E-state index contributed by atoms with van der Waals surface area (Å²) < 4.78 is 9.71. The molecule has 0 atom stereocenters. The number of hydrogen-bond donors (Lipinski definition) is 2. The van der Waals surface area contributed by atoms with E-state index in [9.17, 15) is 9.59 Å². The van der Waals surface area contributed by atoms with E-state index in [4.69, 9.17) is 16.2 Å². The molecule has 2 heterocycles. The van der Waals surface area contributed by atoms with Crippen molar-refractivity contribution < 1.29 is 14.3 Å². The highest BCUT2D eigenvalue weighted by Gasteiger charge is 2.17. The predicted molar refractivity (Wildman–Crippen MR) is 123 cm³/mol. The number of aromatic nitrogens is 3. The maximum atomic E-state index is 12.9. The summed E-state index contributed by atoms with van der Waals surface area (Å²) in [5.41, 5.74) is 13.2. The first kappa shape index (κ1) is 24.3. The average molecular weight is 465 g/mol. The van der Waals surface area contributed by atoms with Gasteiger partial charge in [0.1, 0.15) is 17.0 Å². The van der Waals surface area contributed by atoms with Crippen LogP contribution in [0, 0.1) is 6.92 Å². The van der Waals surface area contributed by atoms with Gasteiger partial charge in [-0.3, -0.25) is 14.3 Å². The highest BCUT2D eigenvalue weighted by molar-refractivity contribution is 7.16. The van der Waals surface area contributed by atoms with E-state index in [1.807, 2.05) is 30.6 Å². The summed E-state index contributed by atoms with van der Waals surface area (Å²) in [6.45, 7) is 5.13. The first-order chi connectivity index (χ1) is 14.4. The second kappa shape index (κ2) is 10.4. The largest absolute Gasteiger partial charge is 0.494 e. The Hall–Kier alpha value is -2.95. The SMILES string of the molecule is CCn1nc(C)cc1C(=O)N=c1sc2cc(C(N)=O)cc(OC)c2n1C/C=C/CN.Cl. The number of halogens is 1. The zero-order chi connectivity index (χ0) is 21.8. The highest BCUT2D eigenvalue weighted by Crippen LogP contribution is 2.29. The van der Waals surface area contributed by atoms with Crippen LogP contribution in [0.3, 0.4) is 0 Å². The Morgan fingerprint density at radius 2 is 2.03 bits per heavy atom. The van der Waals surface area contributed by atoms with Crippen molar-refractivity contribution in [1.29, 1.82) is 0 Å². The summed E-state index contributed by atoms with van der Waals surface area (Å²) in [5.74, 6) is -0.480. The molecule has 0 spiro atoms. The van der Waals surface area contributed by atoms with Crippen LogP contribution in [0.5, 0.6) is 5.75 Å². The number of aryl methyl sites for hydroxylation is 2. The van der Waals surface area contributed by atoms with Gasteiger partial charge in [-0.05, 0) is 32.0 Å². The summed E-state index contributed by atoms with van der Waals surface area (Å²) in [4.78, 5) is 29.5. The van der Waals surface area contributed by atoms with E-state index in [1.165, 1.54) is 18.4 Å². The first-order valence-corrected chi connectivity index (χ1v) is 10.2. The van der Waals surface area contributed by atoms with Crippen LogP contribution in [0.25, 0.3) is 10.2 Å². The number of hydrogen-bond acceptors (Lipinski definition) is 6. The third kappa shape index (κ3) is 5.04. The number of nitrogens with zero attached hydrogens (tertiary/aromatic N) is 4. The van der Waals surface area contributed by atoms with Crippen molar-refractivity contribution in [2.75, 3.05) is 13.7 Å². The molecule has 0 aliphatic heterocycles. The summed E-state index contributed by atoms with van der Waals surface area (Å²) in [5, 5.41) is 4.31. The lowest BCUT2D eigenvalue weighted by Crippen LogP contribution is -2.18. The van der Waals surface area contributed by atoms with Gasteiger partial charge in [-0.2, -0.15) is 10.1 Å².